The largest absolute Gasteiger partial charge is 0.384 e. The van der Waals surface area contributed by atoms with Crippen molar-refractivity contribution in [2.24, 2.45) is 0 Å². The van der Waals surface area contributed by atoms with Crippen molar-refractivity contribution in [3.8, 4) is 0 Å². The second-order valence-electron chi connectivity index (χ2n) is 6.48. The molecule has 116 valence electrons. The number of hydrogen-bond acceptors (Lipinski definition) is 4. The standard InChI is InChI=1S/C15H22N2O3S/c1-11-9-17(10-15(2,3)20-11)21(18,19)13-5-4-12-6-7-16-14(12)8-13/h4-5,8,11,16H,6-7,9-10H2,1-3H3. The fourth-order valence-corrected chi connectivity index (χ4v) is 4.85. The molecule has 0 aromatic heterocycles. The molecule has 1 saturated heterocycles. The summed E-state index contributed by atoms with van der Waals surface area (Å²) in [5.41, 5.74) is 1.67. The highest BCUT2D eigenvalue weighted by Gasteiger charge is 2.38. The SMILES string of the molecule is CC1CN(S(=O)(=O)c2ccc3c(c2)NCC3)CC(C)(C)O1. The average molecular weight is 310 g/mol. The summed E-state index contributed by atoms with van der Waals surface area (Å²) in [5, 5.41) is 3.23. The summed E-state index contributed by atoms with van der Waals surface area (Å²) in [4.78, 5) is 0.362. The second-order valence-corrected chi connectivity index (χ2v) is 8.42. The van der Waals surface area contributed by atoms with Crippen LogP contribution in [0.25, 0.3) is 0 Å². The van der Waals surface area contributed by atoms with Gasteiger partial charge in [-0.05, 0) is 44.9 Å². The number of rotatable bonds is 2. The van der Waals surface area contributed by atoms with Crippen molar-refractivity contribution in [2.45, 2.75) is 43.8 Å². The maximum Gasteiger partial charge on any atom is 0.243 e. The summed E-state index contributed by atoms with van der Waals surface area (Å²) < 4.78 is 33.1. The van der Waals surface area contributed by atoms with E-state index >= 15 is 0 Å². The molecule has 2 heterocycles. The van der Waals surface area contributed by atoms with Crippen LogP contribution in [-0.2, 0) is 21.2 Å². The number of nitrogens with one attached hydrogen (secondary N) is 1. The Balaban J connectivity index is 1.93. The summed E-state index contributed by atoms with van der Waals surface area (Å²) in [6, 6.07) is 5.39. The zero-order valence-electron chi connectivity index (χ0n) is 12.7. The number of hydrogen-bond donors (Lipinski definition) is 1. The topological polar surface area (TPSA) is 58.6 Å². The van der Waals surface area contributed by atoms with Crippen LogP contribution >= 0.6 is 0 Å². The summed E-state index contributed by atoms with van der Waals surface area (Å²) in [6.07, 6.45) is 0.855. The van der Waals surface area contributed by atoms with Gasteiger partial charge < -0.3 is 10.1 Å². The van der Waals surface area contributed by atoms with E-state index in [4.69, 9.17) is 4.74 Å². The number of ether oxygens (including phenoxy) is 1. The Kier molecular flexibility index (Phi) is 3.50. The molecule has 0 saturated carbocycles. The van der Waals surface area contributed by atoms with Crippen LogP contribution in [0.4, 0.5) is 5.69 Å². The number of anilines is 1. The lowest BCUT2D eigenvalue weighted by atomic mass is 10.1. The van der Waals surface area contributed by atoms with E-state index in [1.165, 1.54) is 9.87 Å². The lowest BCUT2D eigenvalue weighted by Gasteiger charge is -2.40. The molecule has 1 fully saturated rings. The van der Waals surface area contributed by atoms with Crippen molar-refractivity contribution < 1.29 is 13.2 Å². The lowest BCUT2D eigenvalue weighted by Crippen LogP contribution is -2.53. The first-order valence-corrected chi connectivity index (χ1v) is 8.77. The van der Waals surface area contributed by atoms with Gasteiger partial charge in [-0.2, -0.15) is 4.31 Å². The molecule has 0 amide bonds. The highest BCUT2D eigenvalue weighted by atomic mass is 32.2. The van der Waals surface area contributed by atoms with E-state index in [1.54, 1.807) is 12.1 Å². The van der Waals surface area contributed by atoms with Crippen LogP contribution < -0.4 is 5.32 Å². The van der Waals surface area contributed by atoms with Gasteiger partial charge in [0.25, 0.3) is 0 Å². The molecule has 5 nitrogen and oxygen atoms in total. The molecule has 1 atom stereocenters. The third-order valence-corrected chi connectivity index (χ3v) is 5.77. The van der Waals surface area contributed by atoms with Gasteiger partial charge in [0, 0.05) is 25.3 Å². The molecule has 6 heteroatoms. The highest BCUT2D eigenvalue weighted by molar-refractivity contribution is 7.89. The molecule has 1 aromatic carbocycles. The molecule has 0 spiro atoms. The Morgan fingerprint density at radius 3 is 2.86 bits per heavy atom. The van der Waals surface area contributed by atoms with E-state index in [1.807, 2.05) is 26.8 Å². The van der Waals surface area contributed by atoms with Gasteiger partial charge in [-0.15, -0.1) is 0 Å². The lowest BCUT2D eigenvalue weighted by molar-refractivity contribution is -0.109. The Morgan fingerprint density at radius 1 is 1.38 bits per heavy atom. The Hall–Kier alpha value is -1.11. The number of sulfonamides is 1. The van der Waals surface area contributed by atoms with E-state index < -0.39 is 15.6 Å². The third-order valence-electron chi connectivity index (χ3n) is 3.97. The minimum Gasteiger partial charge on any atom is -0.384 e. The molecule has 2 aliphatic heterocycles. The minimum absolute atomic E-state index is 0.101. The van der Waals surface area contributed by atoms with Crippen LogP contribution in [0.3, 0.4) is 0 Å². The van der Waals surface area contributed by atoms with Crippen molar-refractivity contribution in [3.05, 3.63) is 23.8 Å². The van der Waals surface area contributed by atoms with E-state index in [9.17, 15) is 8.42 Å². The van der Waals surface area contributed by atoms with Gasteiger partial charge in [-0.1, -0.05) is 6.07 Å². The van der Waals surface area contributed by atoms with Crippen molar-refractivity contribution in [1.82, 2.24) is 4.31 Å². The van der Waals surface area contributed by atoms with Gasteiger partial charge in [-0.3, -0.25) is 0 Å². The predicted molar refractivity (Wildman–Crippen MR) is 82.0 cm³/mol. The monoisotopic (exact) mass is 310 g/mol. The summed E-state index contributed by atoms with van der Waals surface area (Å²) >= 11 is 0. The molecule has 1 unspecified atom stereocenters. The first-order valence-electron chi connectivity index (χ1n) is 7.33. The van der Waals surface area contributed by atoms with Crippen molar-refractivity contribution in [1.29, 1.82) is 0 Å². The van der Waals surface area contributed by atoms with Crippen LogP contribution in [0.1, 0.15) is 26.3 Å². The fraction of sp³-hybridized carbons (Fsp3) is 0.600. The summed E-state index contributed by atoms with van der Waals surface area (Å²) in [5.74, 6) is 0. The van der Waals surface area contributed by atoms with Gasteiger partial charge in [0.1, 0.15) is 0 Å². The first-order chi connectivity index (χ1) is 9.78. The Labute approximate surface area is 126 Å². The van der Waals surface area contributed by atoms with E-state index in [-0.39, 0.29) is 6.10 Å². The number of benzene rings is 1. The molecule has 2 aliphatic rings. The van der Waals surface area contributed by atoms with E-state index in [0.717, 1.165) is 18.7 Å². The molecule has 1 N–H and O–H groups in total. The minimum atomic E-state index is -3.47. The van der Waals surface area contributed by atoms with E-state index in [2.05, 4.69) is 5.32 Å². The van der Waals surface area contributed by atoms with E-state index in [0.29, 0.717) is 18.0 Å². The average Bonchev–Trinajstić information content (AvgIpc) is 2.83. The Bertz CT molecular complexity index is 655. The predicted octanol–water partition coefficient (Wildman–Crippen LogP) is 1.84. The summed E-state index contributed by atoms with van der Waals surface area (Å²) in [6.45, 7) is 7.42. The maximum atomic E-state index is 12.9. The van der Waals surface area contributed by atoms with Crippen molar-refractivity contribution >= 4 is 15.7 Å². The maximum absolute atomic E-state index is 12.9. The van der Waals surface area contributed by atoms with Gasteiger partial charge in [0.15, 0.2) is 0 Å². The van der Waals surface area contributed by atoms with Gasteiger partial charge in [-0.25, -0.2) is 8.42 Å². The van der Waals surface area contributed by atoms with Crippen LogP contribution in [0.5, 0.6) is 0 Å². The summed E-state index contributed by atoms with van der Waals surface area (Å²) in [7, 11) is -3.47. The number of nitrogens with zero attached hydrogens (tertiary/aromatic N) is 1. The van der Waals surface area contributed by atoms with Crippen LogP contribution in [0.15, 0.2) is 23.1 Å². The molecular weight excluding hydrogens is 288 g/mol. The fourth-order valence-electron chi connectivity index (χ4n) is 3.16. The van der Waals surface area contributed by atoms with Crippen molar-refractivity contribution in [2.75, 3.05) is 25.0 Å². The molecule has 0 aliphatic carbocycles. The van der Waals surface area contributed by atoms with Gasteiger partial charge in [0.05, 0.1) is 16.6 Å². The van der Waals surface area contributed by atoms with Gasteiger partial charge in [0.2, 0.25) is 10.0 Å². The number of morpholine rings is 1. The van der Waals surface area contributed by atoms with Crippen LogP contribution in [0, 0.1) is 0 Å². The Morgan fingerprint density at radius 2 is 2.14 bits per heavy atom. The highest BCUT2D eigenvalue weighted by Crippen LogP contribution is 2.30. The zero-order chi connectivity index (χ0) is 15.3. The smallest absolute Gasteiger partial charge is 0.243 e. The molecule has 0 radical (unpaired) electrons. The van der Waals surface area contributed by atoms with Gasteiger partial charge >= 0.3 is 0 Å². The molecule has 0 bridgehead atoms. The molecule has 21 heavy (non-hydrogen) atoms. The molecule has 1 aromatic rings. The number of fused-ring (bicyclic) bond motifs is 1. The molecule has 3 rings (SSSR count). The first kappa shape index (κ1) is 14.8. The van der Waals surface area contributed by atoms with Crippen LogP contribution in [0.2, 0.25) is 0 Å². The second kappa shape index (κ2) is 4.97. The van der Waals surface area contributed by atoms with Crippen LogP contribution in [-0.4, -0.2) is 44.1 Å². The van der Waals surface area contributed by atoms with Crippen molar-refractivity contribution in [3.63, 3.8) is 0 Å². The normalized spacial score (nSPS) is 25.4. The zero-order valence-corrected chi connectivity index (χ0v) is 13.5. The third kappa shape index (κ3) is 2.80. The molecular formula is C15H22N2O3S. The quantitative estimate of drug-likeness (QED) is 0.905.